The van der Waals surface area contributed by atoms with E-state index in [2.05, 4.69) is 28.4 Å². The standard InChI is InChI=1S/C23H21N7O/c1-21-11-15(12-24)18(31)22(2)13-23(21,22)10-9-16-17(21)25-19(14-7-5-4-6-8-14)30(16)20-26-28-29(3)27-20/h4-8,11H,9-10,13H2,1-3H3/t21-,22?,23+/m1/s1. The number of hydrogen-bond acceptors (Lipinski definition) is 6. The smallest absolute Gasteiger partial charge is 0.276 e. The fraction of sp³-hybridized carbons (Fsp3) is 0.391. The Morgan fingerprint density at radius 1 is 1.19 bits per heavy atom. The van der Waals surface area contributed by atoms with Crippen LogP contribution in [0, 0.1) is 22.2 Å². The molecule has 0 aliphatic heterocycles. The molecule has 0 bridgehead atoms. The summed E-state index contributed by atoms with van der Waals surface area (Å²) in [5, 5.41) is 22.4. The lowest BCUT2D eigenvalue weighted by Crippen LogP contribution is -2.46. The summed E-state index contributed by atoms with van der Waals surface area (Å²) in [5.74, 6) is 1.21. The van der Waals surface area contributed by atoms with Crippen molar-refractivity contribution in [3.8, 4) is 23.4 Å². The molecule has 1 aromatic carbocycles. The maximum absolute atomic E-state index is 13.0. The third-order valence-corrected chi connectivity index (χ3v) is 7.86. The maximum Gasteiger partial charge on any atom is 0.276 e. The molecule has 8 nitrogen and oxygen atoms in total. The summed E-state index contributed by atoms with van der Waals surface area (Å²) >= 11 is 0. The molecule has 2 heterocycles. The van der Waals surface area contributed by atoms with E-state index in [-0.39, 0.29) is 16.8 Å². The Morgan fingerprint density at radius 2 is 1.97 bits per heavy atom. The number of fused-ring (bicyclic) bond motifs is 2. The predicted octanol–water partition coefficient (Wildman–Crippen LogP) is 2.70. The van der Waals surface area contributed by atoms with Gasteiger partial charge in [0.2, 0.25) is 0 Å². The molecule has 31 heavy (non-hydrogen) atoms. The highest BCUT2D eigenvalue weighted by atomic mass is 16.1. The van der Waals surface area contributed by atoms with Gasteiger partial charge in [-0.2, -0.15) is 10.1 Å². The second kappa shape index (κ2) is 5.55. The van der Waals surface area contributed by atoms with Gasteiger partial charge < -0.3 is 0 Å². The Labute approximate surface area is 179 Å². The zero-order valence-corrected chi connectivity index (χ0v) is 17.6. The Hall–Kier alpha value is -3.60. The zero-order valence-electron chi connectivity index (χ0n) is 17.6. The van der Waals surface area contributed by atoms with Crippen molar-refractivity contribution in [2.24, 2.45) is 17.9 Å². The first kappa shape index (κ1) is 18.2. The van der Waals surface area contributed by atoms with E-state index < -0.39 is 10.8 Å². The topological polar surface area (TPSA) is 102 Å². The molecular weight excluding hydrogens is 390 g/mol. The molecule has 0 amide bonds. The second-order valence-corrected chi connectivity index (χ2v) is 9.30. The number of benzene rings is 1. The molecule has 1 spiro atoms. The Balaban J connectivity index is 1.66. The van der Waals surface area contributed by atoms with Crippen molar-refractivity contribution in [2.75, 3.05) is 0 Å². The number of carbonyl (C=O) groups is 1. The first-order chi connectivity index (χ1) is 14.8. The molecule has 0 radical (unpaired) electrons. The van der Waals surface area contributed by atoms with Crippen molar-refractivity contribution in [3.63, 3.8) is 0 Å². The molecule has 3 atom stereocenters. The zero-order chi connectivity index (χ0) is 21.6. The summed E-state index contributed by atoms with van der Waals surface area (Å²) in [4.78, 5) is 19.6. The van der Waals surface area contributed by atoms with E-state index in [1.165, 1.54) is 4.80 Å². The monoisotopic (exact) mass is 411 g/mol. The van der Waals surface area contributed by atoms with Crippen molar-refractivity contribution >= 4 is 5.78 Å². The number of carbonyl (C=O) groups excluding carboxylic acids is 1. The van der Waals surface area contributed by atoms with E-state index in [9.17, 15) is 10.1 Å². The van der Waals surface area contributed by atoms with Gasteiger partial charge in [-0.1, -0.05) is 48.4 Å². The summed E-state index contributed by atoms with van der Waals surface area (Å²) in [7, 11) is 1.74. The fourth-order valence-corrected chi connectivity index (χ4v) is 6.20. The molecule has 0 N–H and O–H groups in total. The highest BCUT2D eigenvalue weighted by Gasteiger charge is 2.78. The number of nitriles is 1. The van der Waals surface area contributed by atoms with Crippen LogP contribution in [0.25, 0.3) is 17.3 Å². The highest BCUT2D eigenvalue weighted by Crippen LogP contribution is 2.78. The molecule has 2 aromatic heterocycles. The lowest BCUT2D eigenvalue weighted by molar-refractivity contribution is -0.122. The number of nitrogens with zero attached hydrogens (tertiary/aromatic N) is 7. The molecule has 0 saturated heterocycles. The SMILES string of the molecule is Cn1nnc(-n2c(-c3ccccc3)nc3c2CC[C@@]24CC2(C)C(=O)C(C#N)=C[C@]34C)n1. The summed E-state index contributed by atoms with van der Waals surface area (Å²) in [6.45, 7) is 4.15. The van der Waals surface area contributed by atoms with Gasteiger partial charge in [-0.05, 0) is 36.8 Å². The number of hydrogen-bond donors (Lipinski definition) is 0. The summed E-state index contributed by atoms with van der Waals surface area (Å²) in [6, 6.07) is 12.1. The van der Waals surface area contributed by atoms with E-state index in [0.29, 0.717) is 5.95 Å². The van der Waals surface area contributed by atoms with Gasteiger partial charge >= 0.3 is 0 Å². The van der Waals surface area contributed by atoms with Gasteiger partial charge in [0.1, 0.15) is 11.9 Å². The highest BCUT2D eigenvalue weighted by molar-refractivity contribution is 6.07. The van der Waals surface area contributed by atoms with E-state index in [1.54, 1.807) is 7.05 Å². The number of Topliss-reactive ketones (excluding diaryl/α,β-unsaturated/α-hetero) is 1. The number of aromatic nitrogens is 6. The molecule has 1 saturated carbocycles. The molecule has 3 aliphatic rings. The van der Waals surface area contributed by atoms with E-state index in [0.717, 1.165) is 42.0 Å². The van der Waals surface area contributed by atoms with Gasteiger partial charge in [0.25, 0.3) is 5.95 Å². The van der Waals surface area contributed by atoms with E-state index >= 15 is 0 Å². The van der Waals surface area contributed by atoms with Gasteiger partial charge in [0.15, 0.2) is 5.78 Å². The number of ketones is 1. The van der Waals surface area contributed by atoms with Gasteiger partial charge in [0.05, 0.1) is 24.0 Å². The minimum absolute atomic E-state index is 0.0192. The minimum Gasteiger partial charge on any atom is -0.293 e. The molecule has 154 valence electrons. The number of tetrazole rings is 1. The van der Waals surface area contributed by atoms with Crippen LogP contribution in [-0.2, 0) is 23.7 Å². The molecule has 3 aromatic rings. The number of allylic oxidation sites excluding steroid dienone is 2. The predicted molar refractivity (Wildman–Crippen MR) is 111 cm³/mol. The van der Waals surface area contributed by atoms with Crippen LogP contribution in [0.5, 0.6) is 0 Å². The van der Waals surface area contributed by atoms with E-state index in [4.69, 9.17) is 4.98 Å². The van der Waals surface area contributed by atoms with Crippen LogP contribution < -0.4 is 0 Å². The Morgan fingerprint density at radius 3 is 2.65 bits per heavy atom. The van der Waals surface area contributed by atoms with Crippen molar-refractivity contribution in [3.05, 3.63) is 53.4 Å². The number of imidazole rings is 1. The average Bonchev–Trinajstić information content (AvgIpc) is 3.05. The molecule has 8 heteroatoms. The molecular formula is C23H21N7O. The molecule has 1 fully saturated rings. The third-order valence-electron chi connectivity index (χ3n) is 7.86. The van der Waals surface area contributed by atoms with Gasteiger partial charge in [-0.25, -0.2) is 4.98 Å². The second-order valence-electron chi connectivity index (χ2n) is 9.30. The van der Waals surface area contributed by atoms with Crippen LogP contribution >= 0.6 is 0 Å². The normalized spacial score (nSPS) is 30.6. The summed E-state index contributed by atoms with van der Waals surface area (Å²) in [5.41, 5.74) is 1.93. The summed E-state index contributed by atoms with van der Waals surface area (Å²) in [6.07, 6.45) is 4.28. The quantitative estimate of drug-likeness (QED) is 0.642. The van der Waals surface area contributed by atoms with Crippen molar-refractivity contribution in [1.82, 2.24) is 29.8 Å². The van der Waals surface area contributed by atoms with Crippen molar-refractivity contribution < 1.29 is 4.79 Å². The van der Waals surface area contributed by atoms with Gasteiger partial charge in [-0.3, -0.25) is 9.36 Å². The molecule has 6 rings (SSSR count). The lowest BCUT2D eigenvalue weighted by atomic mass is 9.58. The molecule has 1 unspecified atom stereocenters. The van der Waals surface area contributed by atoms with Crippen LogP contribution in [0.15, 0.2) is 42.0 Å². The van der Waals surface area contributed by atoms with Crippen molar-refractivity contribution in [2.45, 2.75) is 38.5 Å². The fourth-order valence-electron chi connectivity index (χ4n) is 6.20. The minimum atomic E-state index is -0.509. The summed E-state index contributed by atoms with van der Waals surface area (Å²) < 4.78 is 1.99. The van der Waals surface area contributed by atoms with Crippen LogP contribution in [0.2, 0.25) is 0 Å². The Kier molecular flexibility index (Phi) is 3.26. The lowest BCUT2D eigenvalue weighted by Gasteiger charge is -2.44. The Bertz CT molecular complexity index is 1340. The maximum atomic E-state index is 13.0. The van der Waals surface area contributed by atoms with Gasteiger partial charge in [0, 0.05) is 16.4 Å². The third kappa shape index (κ3) is 2.01. The average molecular weight is 411 g/mol. The van der Waals surface area contributed by atoms with Crippen LogP contribution in [-0.4, -0.2) is 35.5 Å². The molecule has 3 aliphatic carbocycles. The van der Waals surface area contributed by atoms with Crippen LogP contribution in [0.3, 0.4) is 0 Å². The van der Waals surface area contributed by atoms with E-state index in [1.807, 2.05) is 47.9 Å². The largest absolute Gasteiger partial charge is 0.293 e. The van der Waals surface area contributed by atoms with Crippen molar-refractivity contribution in [1.29, 1.82) is 5.26 Å². The van der Waals surface area contributed by atoms with Crippen LogP contribution in [0.1, 0.15) is 38.1 Å². The first-order valence-electron chi connectivity index (χ1n) is 10.4. The van der Waals surface area contributed by atoms with Crippen LogP contribution in [0.4, 0.5) is 0 Å². The number of rotatable bonds is 2. The first-order valence-corrected chi connectivity index (χ1v) is 10.4. The number of aryl methyl sites for hydroxylation is 1. The van der Waals surface area contributed by atoms with Gasteiger partial charge in [-0.15, -0.1) is 5.10 Å².